The molecule has 0 spiro atoms. The largest absolute Gasteiger partial charge is 0.412 e. The Kier molecular flexibility index (Phi) is 4.59. The molecule has 2 aliphatic heterocycles. The van der Waals surface area contributed by atoms with Crippen molar-refractivity contribution in [2.24, 2.45) is 5.92 Å². The smallest absolute Gasteiger partial charge is 0.408 e. The number of carbonyl (C=O) groups is 1. The van der Waals surface area contributed by atoms with E-state index in [0.717, 1.165) is 37.8 Å². The third-order valence-electron chi connectivity index (χ3n) is 6.11. The molecule has 0 radical (unpaired) electrons. The molecule has 2 aromatic heterocycles. The van der Waals surface area contributed by atoms with E-state index in [1.165, 1.54) is 7.05 Å². The summed E-state index contributed by atoms with van der Waals surface area (Å²) in [7, 11) is 3.49. The van der Waals surface area contributed by atoms with Crippen LogP contribution in [0.15, 0.2) is 16.7 Å². The second-order valence-corrected chi connectivity index (χ2v) is 8.75. The summed E-state index contributed by atoms with van der Waals surface area (Å²) in [6.07, 6.45) is 1.92. The number of likely N-dealkylation sites (tertiary alicyclic amines) is 1. The molecule has 1 aromatic carbocycles. The number of benzene rings is 1. The van der Waals surface area contributed by atoms with Crippen molar-refractivity contribution >= 4 is 49.6 Å². The van der Waals surface area contributed by atoms with Gasteiger partial charge >= 0.3 is 6.09 Å². The number of anilines is 1. The Balaban J connectivity index is 1.77. The van der Waals surface area contributed by atoms with Gasteiger partial charge in [0.25, 0.3) is 0 Å². The van der Waals surface area contributed by atoms with Crippen LogP contribution in [0.1, 0.15) is 6.42 Å². The van der Waals surface area contributed by atoms with E-state index in [0.29, 0.717) is 27.5 Å². The van der Waals surface area contributed by atoms with Crippen molar-refractivity contribution in [2.75, 3.05) is 38.6 Å². The summed E-state index contributed by atoms with van der Waals surface area (Å²) in [5, 5.41) is 2.82. The van der Waals surface area contributed by atoms with Crippen molar-refractivity contribution in [1.29, 1.82) is 0 Å². The van der Waals surface area contributed by atoms with E-state index in [4.69, 9.17) is 4.74 Å². The first-order chi connectivity index (χ1) is 14.4. The molecule has 30 heavy (non-hydrogen) atoms. The first kappa shape index (κ1) is 19.5. The predicted molar refractivity (Wildman–Crippen MR) is 113 cm³/mol. The lowest BCUT2D eigenvalue weighted by Crippen LogP contribution is -2.34. The average molecular weight is 480 g/mol. The lowest BCUT2D eigenvalue weighted by molar-refractivity contribution is 0.203. The second kappa shape index (κ2) is 7.05. The molecule has 0 aliphatic carbocycles. The van der Waals surface area contributed by atoms with E-state index in [-0.39, 0.29) is 16.7 Å². The van der Waals surface area contributed by atoms with Crippen molar-refractivity contribution < 1.29 is 18.3 Å². The van der Waals surface area contributed by atoms with E-state index in [9.17, 15) is 9.18 Å². The monoisotopic (exact) mass is 479 g/mol. The maximum absolute atomic E-state index is 15.1. The third kappa shape index (κ3) is 2.84. The van der Waals surface area contributed by atoms with Crippen LogP contribution in [0.5, 0.6) is 5.75 Å². The number of nitrogens with zero attached hydrogens (tertiary/aromatic N) is 3. The Labute approximate surface area is 179 Å². The lowest BCUT2D eigenvalue weighted by Gasteiger charge is -2.28. The van der Waals surface area contributed by atoms with E-state index >= 15 is 4.39 Å². The second-order valence-electron chi connectivity index (χ2n) is 7.89. The Morgan fingerprint density at radius 3 is 2.93 bits per heavy atom. The fraction of sp³-hybridized carbons (Fsp3) is 0.400. The molecule has 158 valence electrons. The number of rotatable bonds is 2. The number of fused-ring (bicyclic) bond motifs is 4. The first-order valence-corrected chi connectivity index (χ1v) is 10.5. The number of H-pyrrole nitrogens is 1. The van der Waals surface area contributed by atoms with E-state index in [1.54, 1.807) is 6.20 Å². The molecule has 0 bridgehead atoms. The highest BCUT2D eigenvalue weighted by Crippen LogP contribution is 2.45. The van der Waals surface area contributed by atoms with Crippen molar-refractivity contribution in [1.82, 2.24) is 20.2 Å². The first-order valence-electron chi connectivity index (χ1n) is 9.71. The number of ether oxygens (including phenoxy) is 1. The lowest BCUT2D eigenvalue weighted by atomic mass is 10.0. The summed E-state index contributed by atoms with van der Waals surface area (Å²) < 4.78 is 35.4. The Morgan fingerprint density at radius 1 is 1.37 bits per heavy atom. The highest BCUT2D eigenvalue weighted by atomic mass is 79.9. The van der Waals surface area contributed by atoms with Gasteiger partial charge in [-0.25, -0.2) is 18.6 Å². The molecule has 10 heteroatoms. The number of halogens is 3. The van der Waals surface area contributed by atoms with Crippen molar-refractivity contribution in [3.63, 3.8) is 0 Å². The summed E-state index contributed by atoms with van der Waals surface area (Å²) in [6.45, 7) is 2.76. The van der Waals surface area contributed by atoms with Crippen molar-refractivity contribution in [3.05, 3.63) is 28.4 Å². The molecule has 3 aromatic rings. The number of hydrogen-bond donors (Lipinski definition) is 2. The zero-order valence-electron chi connectivity index (χ0n) is 16.4. The summed E-state index contributed by atoms with van der Waals surface area (Å²) in [4.78, 5) is 23.7. The molecule has 2 fully saturated rings. The number of carbonyl (C=O) groups excluding carboxylic acids is 1. The fourth-order valence-corrected chi connectivity index (χ4v) is 5.38. The van der Waals surface area contributed by atoms with Crippen molar-refractivity contribution in [2.45, 2.75) is 12.5 Å². The van der Waals surface area contributed by atoms with E-state index in [2.05, 4.69) is 48.1 Å². The van der Waals surface area contributed by atoms with Gasteiger partial charge in [-0.3, -0.25) is 0 Å². The summed E-state index contributed by atoms with van der Waals surface area (Å²) >= 11 is 3.58. The molecule has 4 heterocycles. The quantitative estimate of drug-likeness (QED) is 0.587. The number of nitrogens with one attached hydrogen (secondary N) is 2. The van der Waals surface area contributed by atoms with Gasteiger partial charge in [0.15, 0.2) is 17.4 Å². The van der Waals surface area contributed by atoms with Gasteiger partial charge in [0.05, 0.1) is 26.4 Å². The minimum Gasteiger partial charge on any atom is -0.408 e. The SMILES string of the molecule is CNC(=O)Oc1cc(F)c(F)c2c1[nH]c1ncc(Br)c(N3CC[C@H]4CN(C)C[C@H]43)c12. The molecule has 1 amide bonds. The van der Waals surface area contributed by atoms with Gasteiger partial charge < -0.3 is 24.8 Å². The molecular formula is C20H20BrF2N5O2. The molecule has 2 atom stereocenters. The highest BCUT2D eigenvalue weighted by Gasteiger charge is 2.41. The fourth-order valence-electron chi connectivity index (χ4n) is 4.85. The molecular weight excluding hydrogens is 460 g/mol. The van der Waals surface area contributed by atoms with Crippen LogP contribution in [-0.2, 0) is 0 Å². The molecule has 2 N–H and O–H groups in total. The van der Waals surface area contributed by atoms with Gasteiger partial charge in [-0.05, 0) is 35.3 Å². The van der Waals surface area contributed by atoms with Crippen LogP contribution in [0.25, 0.3) is 21.9 Å². The Hall–Kier alpha value is -2.46. The zero-order chi connectivity index (χ0) is 21.2. The number of amides is 1. The molecule has 7 nitrogen and oxygen atoms in total. The van der Waals surface area contributed by atoms with Gasteiger partial charge in [-0.1, -0.05) is 0 Å². The summed E-state index contributed by atoms with van der Waals surface area (Å²) in [5.41, 5.74) is 1.38. The summed E-state index contributed by atoms with van der Waals surface area (Å²) in [6, 6.07) is 1.16. The van der Waals surface area contributed by atoms with Gasteiger partial charge in [-0.15, -0.1) is 0 Å². The van der Waals surface area contributed by atoms with Crippen molar-refractivity contribution in [3.8, 4) is 5.75 Å². The highest BCUT2D eigenvalue weighted by molar-refractivity contribution is 9.10. The number of hydrogen-bond acceptors (Lipinski definition) is 5. The topological polar surface area (TPSA) is 73.5 Å². The van der Waals surface area contributed by atoms with Crippen LogP contribution < -0.4 is 15.0 Å². The number of aromatic amines is 1. The van der Waals surface area contributed by atoms with Crippen LogP contribution in [0.4, 0.5) is 19.3 Å². The van der Waals surface area contributed by atoms with Crippen LogP contribution in [0.3, 0.4) is 0 Å². The molecule has 2 aliphatic rings. The minimum absolute atomic E-state index is 0.0301. The van der Waals surface area contributed by atoms with Crippen LogP contribution in [0, 0.1) is 17.6 Å². The predicted octanol–water partition coefficient (Wildman–Crippen LogP) is 3.62. The molecule has 5 rings (SSSR count). The van der Waals surface area contributed by atoms with Gasteiger partial charge in [0, 0.05) is 45.0 Å². The molecule has 0 unspecified atom stereocenters. The van der Waals surface area contributed by atoms with Gasteiger partial charge in [-0.2, -0.15) is 0 Å². The standard InChI is InChI=1S/C20H20BrF2N5O2/c1-24-20(29)30-13-5-11(22)16(23)14-15-18(10(21)6-25-19(15)26-17(13)14)28-4-3-9-7-27(2)8-12(9)28/h5-6,9,12H,3-4,7-8H2,1-2H3,(H,24,29)(H,25,26)/t9-,12+/m0/s1. The zero-order valence-corrected chi connectivity index (χ0v) is 18.0. The average Bonchev–Trinajstić information content (AvgIpc) is 3.38. The maximum atomic E-state index is 15.1. The number of pyridine rings is 1. The normalized spacial score (nSPS) is 21.6. The summed E-state index contributed by atoms with van der Waals surface area (Å²) in [5.74, 6) is -1.65. The van der Waals surface area contributed by atoms with Crippen LogP contribution in [-0.4, -0.2) is 60.7 Å². The maximum Gasteiger partial charge on any atom is 0.412 e. The van der Waals surface area contributed by atoms with E-state index < -0.39 is 17.7 Å². The minimum atomic E-state index is -1.09. The third-order valence-corrected chi connectivity index (χ3v) is 6.69. The Bertz CT molecular complexity index is 1180. The van der Waals surface area contributed by atoms with E-state index in [1.807, 2.05) is 0 Å². The van der Waals surface area contributed by atoms with Crippen LogP contribution >= 0.6 is 15.9 Å². The van der Waals surface area contributed by atoms with Gasteiger partial charge in [0.2, 0.25) is 0 Å². The number of likely N-dealkylation sites (N-methyl/N-ethyl adjacent to an activating group) is 1. The Morgan fingerprint density at radius 2 is 2.17 bits per heavy atom. The number of aromatic nitrogens is 2. The van der Waals surface area contributed by atoms with Gasteiger partial charge in [0.1, 0.15) is 5.65 Å². The molecule has 2 saturated heterocycles. The molecule has 0 saturated carbocycles. The van der Waals surface area contributed by atoms with Crippen LogP contribution in [0.2, 0.25) is 0 Å².